The molecule has 2 aliphatic carbocycles. The first-order chi connectivity index (χ1) is 11.1. The third-order valence-electron chi connectivity index (χ3n) is 5.00. The first-order valence-corrected chi connectivity index (χ1v) is 8.32. The van der Waals surface area contributed by atoms with E-state index in [9.17, 15) is 4.79 Å². The summed E-state index contributed by atoms with van der Waals surface area (Å²) in [6.07, 6.45) is 5.39. The maximum atomic E-state index is 12.0. The number of halogens is 1. The first-order valence-electron chi connectivity index (χ1n) is 7.94. The molecule has 0 heterocycles. The Balaban J connectivity index is 1.60. The highest BCUT2D eigenvalue weighted by molar-refractivity contribution is 6.31. The van der Waals surface area contributed by atoms with Crippen LogP contribution in [0.15, 0.2) is 23.4 Å². The highest BCUT2D eigenvalue weighted by Gasteiger charge is 2.40. The van der Waals surface area contributed by atoms with Gasteiger partial charge in [-0.25, -0.2) is 4.79 Å². The number of carbonyl (C=O) groups excluding carboxylic acids is 1. The van der Waals surface area contributed by atoms with Crippen LogP contribution in [0.2, 0.25) is 5.02 Å². The summed E-state index contributed by atoms with van der Waals surface area (Å²) in [5.41, 5.74) is 6.40. The second kappa shape index (κ2) is 6.79. The molecule has 0 radical (unpaired) electrons. The summed E-state index contributed by atoms with van der Waals surface area (Å²) in [4.78, 5) is 17.0. The minimum Gasteiger partial charge on any atom is -0.496 e. The Morgan fingerprint density at radius 2 is 2.22 bits per heavy atom. The van der Waals surface area contributed by atoms with Crippen molar-refractivity contribution in [2.45, 2.75) is 32.1 Å². The molecule has 5 nitrogen and oxygen atoms in total. The molecule has 1 aromatic carbocycles. The molecule has 1 aromatic rings. The topological polar surface area (TPSA) is 73.9 Å². The number of nitrogens with two attached hydrogens (primary N) is 1. The van der Waals surface area contributed by atoms with Crippen molar-refractivity contribution in [3.8, 4) is 5.75 Å². The molecule has 23 heavy (non-hydrogen) atoms. The van der Waals surface area contributed by atoms with Crippen LogP contribution in [0.1, 0.15) is 37.7 Å². The zero-order chi connectivity index (χ0) is 16.4. The van der Waals surface area contributed by atoms with Crippen LogP contribution in [0.5, 0.6) is 5.75 Å². The largest absolute Gasteiger partial charge is 0.496 e. The van der Waals surface area contributed by atoms with Crippen LogP contribution in [-0.2, 0) is 9.63 Å². The van der Waals surface area contributed by atoms with Crippen LogP contribution in [0.4, 0.5) is 0 Å². The summed E-state index contributed by atoms with van der Waals surface area (Å²) in [6, 6.07) is 5.01. The lowest BCUT2D eigenvalue weighted by Gasteiger charge is -2.19. The van der Waals surface area contributed by atoms with Gasteiger partial charge in [-0.1, -0.05) is 23.2 Å². The Kier molecular flexibility index (Phi) is 4.76. The maximum absolute atomic E-state index is 12.0. The van der Waals surface area contributed by atoms with Crippen molar-refractivity contribution in [2.24, 2.45) is 28.6 Å². The second-order valence-corrected chi connectivity index (χ2v) is 6.86. The van der Waals surface area contributed by atoms with Gasteiger partial charge >= 0.3 is 5.97 Å². The minimum atomic E-state index is -0.327. The second-order valence-electron chi connectivity index (χ2n) is 6.42. The standard InChI is InChI=1S/C17H21ClN2O3/c1-22-15-5-4-13(18)9-14(15)17(19)20-23-16(21)8-12-7-10-2-3-11(12)6-10/h4-5,9-12H,2-3,6-8H2,1H3,(H2,19,20)/t10-,11-,12-/m1/s1. The number of nitrogens with zero attached hydrogens (tertiary/aromatic N) is 1. The molecule has 2 saturated carbocycles. The van der Waals surface area contributed by atoms with E-state index >= 15 is 0 Å². The van der Waals surface area contributed by atoms with E-state index in [1.54, 1.807) is 18.2 Å². The van der Waals surface area contributed by atoms with Crippen LogP contribution in [0.3, 0.4) is 0 Å². The van der Waals surface area contributed by atoms with Crippen LogP contribution in [0, 0.1) is 17.8 Å². The van der Waals surface area contributed by atoms with Crippen molar-refractivity contribution in [2.75, 3.05) is 7.11 Å². The Hall–Kier alpha value is -1.75. The van der Waals surface area contributed by atoms with Crippen molar-refractivity contribution in [1.29, 1.82) is 0 Å². The molecule has 0 aliphatic heterocycles. The Labute approximate surface area is 140 Å². The SMILES string of the molecule is COc1ccc(Cl)cc1/C(N)=N\OC(=O)C[C@H]1C[C@@H]2CC[C@@H]1C2. The summed E-state index contributed by atoms with van der Waals surface area (Å²) in [7, 11) is 1.53. The smallest absolute Gasteiger partial charge is 0.335 e. The molecule has 3 rings (SSSR count). The normalized spacial score (nSPS) is 26.3. The fourth-order valence-corrected chi connectivity index (χ4v) is 4.08. The molecule has 0 aromatic heterocycles. The molecular weight excluding hydrogens is 316 g/mol. The van der Waals surface area contributed by atoms with Gasteiger partial charge in [0.25, 0.3) is 0 Å². The molecule has 2 fully saturated rings. The van der Waals surface area contributed by atoms with Gasteiger partial charge in [-0.3, -0.25) is 0 Å². The van der Waals surface area contributed by atoms with Crippen LogP contribution in [0.25, 0.3) is 0 Å². The Morgan fingerprint density at radius 3 is 2.87 bits per heavy atom. The average molecular weight is 337 g/mol. The van der Waals surface area contributed by atoms with E-state index in [0.29, 0.717) is 34.6 Å². The first kappa shape index (κ1) is 16.1. The van der Waals surface area contributed by atoms with Gasteiger partial charge in [0.1, 0.15) is 5.75 Å². The fourth-order valence-electron chi connectivity index (χ4n) is 3.91. The number of amidine groups is 1. The monoisotopic (exact) mass is 336 g/mol. The maximum Gasteiger partial charge on any atom is 0.335 e. The molecule has 2 bridgehead atoms. The molecule has 0 amide bonds. The number of hydrogen-bond acceptors (Lipinski definition) is 4. The van der Waals surface area contributed by atoms with E-state index in [-0.39, 0.29) is 11.8 Å². The Bertz CT molecular complexity index is 632. The van der Waals surface area contributed by atoms with Gasteiger partial charge in [0.2, 0.25) is 0 Å². The van der Waals surface area contributed by atoms with Crippen LogP contribution in [-0.4, -0.2) is 18.9 Å². The van der Waals surface area contributed by atoms with Gasteiger partial charge in [0.15, 0.2) is 5.84 Å². The number of benzene rings is 1. The molecule has 0 spiro atoms. The molecule has 0 unspecified atom stereocenters. The van der Waals surface area contributed by atoms with E-state index in [1.165, 1.54) is 26.4 Å². The number of methoxy groups -OCH3 is 1. The van der Waals surface area contributed by atoms with Crippen molar-refractivity contribution in [3.63, 3.8) is 0 Å². The number of rotatable bonds is 5. The number of oxime groups is 1. The number of hydrogen-bond donors (Lipinski definition) is 1. The predicted molar refractivity (Wildman–Crippen MR) is 88.4 cm³/mol. The van der Waals surface area contributed by atoms with Gasteiger partial charge in [-0.2, -0.15) is 0 Å². The summed E-state index contributed by atoms with van der Waals surface area (Å²) in [5.74, 6) is 2.21. The summed E-state index contributed by atoms with van der Waals surface area (Å²) >= 11 is 5.96. The van der Waals surface area contributed by atoms with Gasteiger partial charge in [0, 0.05) is 5.02 Å². The van der Waals surface area contributed by atoms with E-state index < -0.39 is 0 Å². The van der Waals surface area contributed by atoms with E-state index in [2.05, 4.69) is 5.16 Å². The number of fused-ring (bicyclic) bond motifs is 2. The molecule has 0 saturated heterocycles. The zero-order valence-electron chi connectivity index (χ0n) is 13.1. The highest BCUT2D eigenvalue weighted by atomic mass is 35.5. The quantitative estimate of drug-likeness (QED) is 0.387. The molecule has 6 heteroatoms. The predicted octanol–water partition coefficient (Wildman–Crippen LogP) is 3.34. The van der Waals surface area contributed by atoms with Crippen molar-refractivity contribution in [1.82, 2.24) is 0 Å². The van der Waals surface area contributed by atoms with Gasteiger partial charge in [0.05, 0.1) is 19.1 Å². The van der Waals surface area contributed by atoms with Crippen LogP contribution < -0.4 is 10.5 Å². The average Bonchev–Trinajstić information content (AvgIpc) is 3.15. The molecule has 3 atom stereocenters. The van der Waals surface area contributed by atoms with Crippen molar-refractivity contribution < 1.29 is 14.4 Å². The van der Waals surface area contributed by atoms with Crippen LogP contribution >= 0.6 is 11.6 Å². The third-order valence-corrected chi connectivity index (χ3v) is 5.23. The lowest BCUT2D eigenvalue weighted by atomic mass is 9.86. The third kappa shape index (κ3) is 3.61. The lowest BCUT2D eigenvalue weighted by molar-refractivity contribution is -0.145. The Morgan fingerprint density at radius 1 is 1.39 bits per heavy atom. The summed E-state index contributed by atoms with van der Waals surface area (Å²) < 4.78 is 5.21. The summed E-state index contributed by atoms with van der Waals surface area (Å²) in [5, 5.41) is 4.26. The zero-order valence-corrected chi connectivity index (χ0v) is 13.9. The van der Waals surface area contributed by atoms with Crippen molar-refractivity contribution in [3.05, 3.63) is 28.8 Å². The minimum absolute atomic E-state index is 0.0747. The number of ether oxygens (including phenoxy) is 1. The highest BCUT2D eigenvalue weighted by Crippen LogP contribution is 2.49. The molecule has 124 valence electrons. The fraction of sp³-hybridized carbons (Fsp3) is 0.529. The van der Waals surface area contributed by atoms with E-state index in [1.807, 2.05) is 0 Å². The lowest BCUT2D eigenvalue weighted by Crippen LogP contribution is -2.19. The summed E-state index contributed by atoms with van der Waals surface area (Å²) in [6.45, 7) is 0. The molecule has 2 N–H and O–H groups in total. The van der Waals surface area contributed by atoms with Gasteiger partial charge in [-0.05, 0) is 55.2 Å². The van der Waals surface area contributed by atoms with Gasteiger partial charge in [-0.15, -0.1) is 0 Å². The van der Waals surface area contributed by atoms with Crippen molar-refractivity contribution >= 4 is 23.4 Å². The van der Waals surface area contributed by atoms with E-state index in [0.717, 1.165) is 12.3 Å². The number of carbonyl (C=O) groups is 1. The molecule has 2 aliphatic rings. The van der Waals surface area contributed by atoms with Gasteiger partial charge < -0.3 is 15.3 Å². The molecular formula is C17H21ClN2O3. The van der Waals surface area contributed by atoms with E-state index in [4.69, 9.17) is 26.9 Å².